The van der Waals surface area contributed by atoms with Gasteiger partial charge in [-0.1, -0.05) is 36.4 Å². The van der Waals surface area contributed by atoms with Crippen molar-refractivity contribution in [3.8, 4) is 0 Å². The molecule has 6 heteroatoms. The second-order valence-corrected chi connectivity index (χ2v) is 6.31. The van der Waals surface area contributed by atoms with Crippen LogP contribution < -0.4 is 5.73 Å². The highest BCUT2D eigenvalue weighted by Crippen LogP contribution is 2.31. The average Bonchev–Trinajstić information content (AvgIpc) is 2.98. The molecule has 3 N–H and O–H groups in total. The SMILES string of the molecule is NC1CC(CO)[C@@H](OC(=O)c2ccccc2)[C@H]1OC(=O)c1ccccc1. The Balaban J connectivity index is 1.76. The van der Waals surface area contributed by atoms with E-state index in [0.29, 0.717) is 17.5 Å². The number of aliphatic hydroxyl groups is 1. The molecule has 6 nitrogen and oxygen atoms in total. The molecule has 1 aliphatic rings. The van der Waals surface area contributed by atoms with Crippen LogP contribution in [-0.2, 0) is 9.47 Å². The Morgan fingerprint density at radius 1 is 0.885 bits per heavy atom. The van der Waals surface area contributed by atoms with Crippen molar-refractivity contribution in [2.45, 2.75) is 24.7 Å². The van der Waals surface area contributed by atoms with E-state index in [1.807, 2.05) is 0 Å². The van der Waals surface area contributed by atoms with Gasteiger partial charge in [-0.05, 0) is 30.7 Å². The molecule has 0 aliphatic heterocycles. The van der Waals surface area contributed by atoms with Crippen molar-refractivity contribution >= 4 is 11.9 Å². The molecule has 0 saturated heterocycles. The number of esters is 2. The maximum absolute atomic E-state index is 12.4. The van der Waals surface area contributed by atoms with Gasteiger partial charge < -0.3 is 20.3 Å². The first-order valence-electron chi connectivity index (χ1n) is 8.48. The first kappa shape index (κ1) is 18.1. The monoisotopic (exact) mass is 355 g/mol. The van der Waals surface area contributed by atoms with Crippen molar-refractivity contribution in [1.29, 1.82) is 0 Å². The zero-order valence-electron chi connectivity index (χ0n) is 14.2. The van der Waals surface area contributed by atoms with E-state index in [-0.39, 0.29) is 12.5 Å². The summed E-state index contributed by atoms with van der Waals surface area (Å²) < 4.78 is 11.1. The molecule has 2 aromatic carbocycles. The summed E-state index contributed by atoms with van der Waals surface area (Å²) in [5, 5.41) is 9.62. The summed E-state index contributed by atoms with van der Waals surface area (Å²) in [4.78, 5) is 24.7. The van der Waals surface area contributed by atoms with E-state index >= 15 is 0 Å². The molecule has 3 rings (SSSR count). The van der Waals surface area contributed by atoms with Crippen molar-refractivity contribution in [3.05, 3.63) is 71.8 Å². The van der Waals surface area contributed by atoms with Gasteiger partial charge in [-0.25, -0.2) is 9.59 Å². The Kier molecular flexibility index (Phi) is 5.65. The van der Waals surface area contributed by atoms with Crippen LogP contribution >= 0.6 is 0 Å². The van der Waals surface area contributed by atoms with Gasteiger partial charge in [0.25, 0.3) is 0 Å². The van der Waals surface area contributed by atoms with Gasteiger partial charge in [0.2, 0.25) is 0 Å². The molecule has 26 heavy (non-hydrogen) atoms. The van der Waals surface area contributed by atoms with Crippen molar-refractivity contribution in [2.24, 2.45) is 11.7 Å². The largest absolute Gasteiger partial charge is 0.454 e. The smallest absolute Gasteiger partial charge is 0.338 e. The van der Waals surface area contributed by atoms with Crippen LogP contribution in [0.15, 0.2) is 60.7 Å². The first-order chi connectivity index (χ1) is 12.6. The Morgan fingerprint density at radius 3 is 1.81 bits per heavy atom. The van der Waals surface area contributed by atoms with Crippen LogP contribution in [0.4, 0.5) is 0 Å². The average molecular weight is 355 g/mol. The van der Waals surface area contributed by atoms with Crippen LogP contribution in [0.2, 0.25) is 0 Å². The topological polar surface area (TPSA) is 98.9 Å². The van der Waals surface area contributed by atoms with Gasteiger partial charge >= 0.3 is 11.9 Å². The quantitative estimate of drug-likeness (QED) is 0.793. The summed E-state index contributed by atoms with van der Waals surface area (Å²) in [6.07, 6.45) is -1.21. The lowest BCUT2D eigenvalue weighted by Crippen LogP contribution is -2.42. The maximum atomic E-state index is 12.4. The maximum Gasteiger partial charge on any atom is 0.338 e. The van der Waals surface area contributed by atoms with Crippen LogP contribution in [0.1, 0.15) is 27.1 Å². The molecule has 0 heterocycles. The molecule has 0 amide bonds. The normalized spacial score (nSPS) is 24.8. The minimum absolute atomic E-state index is 0.209. The number of benzene rings is 2. The number of carbonyl (C=O) groups is 2. The van der Waals surface area contributed by atoms with Crippen LogP contribution in [0.25, 0.3) is 0 Å². The van der Waals surface area contributed by atoms with Crippen molar-refractivity contribution in [1.82, 2.24) is 0 Å². The van der Waals surface area contributed by atoms with Crippen molar-refractivity contribution in [3.63, 3.8) is 0 Å². The second-order valence-electron chi connectivity index (χ2n) is 6.31. The third-order valence-corrected chi connectivity index (χ3v) is 4.53. The number of ether oxygens (including phenoxy) is 2. The number of aliphatic hydroxyl groups excluding tert-OH is 1. The molecule has 0 spiro atoms. The standard InChI is InChI=1S/C20H21NO5/c21-16-11-15(12-22)17(25-19(23)13-7-3-1-4-8-13)18(16)26-20(24)14-9-5-2-6-10-14/h1-10,15-18,22H,11-12,21H2/t15?,16?,17-,18+/m1/s1. The molecular formula is C20H21NO5. The molecule has 0 radical (unpaired) electrons. The van der Waals surface area contributed by atoms with E-state index in [1.165, 1.54) is 0 Å². The van der Waals surface area contributed by atoms with E-state index in [4.69, 9.17) is 15.2 Å². The molecule has 4 atom stereocenters. The Bertz CT molecular complexity index is 749. The summed E-state index contributed by atoms with van der Waals surface area (Å²) in [5.74, 6) is -1.46. The number of carbonyl (C=O) groups excluding carboxylic acids is 2. The minimum atomic E-state index is -0.812. The zero-order chi connectivity index (χ0) is 18.5. The van der Waals surface area contributed by atoms with Crippen LogP contribution in [-0.4, -0.2) is 41.9 Å². The summed E-state index contributed by atoms with van der Waals surface area (Å²) in [6.45, 7) is -0.209. The molecule has 2 aromatic rings. The van der Waals surface area contributed by atoms with Gasteiger partial charge in [0.15, 0.2) is 6.10 Å². The van der Waals surface area contributed by atoms with Gasteiger partial charge in [-0.2, -0.15) is 0 Å². The molecule has 0 bridgehead atoms. The molecule has 1 fully saturated rings. The number of hydrogen-bond acceptors (Lipinski definition) is 6. The fourth-order valence-corrected chi connectivity index (χ4v) is 3.16. The van der Waals surface area contributed by atoms with Crippen LogP contribution in [0.5, 0.6) is 0 Å². The Hall–Kier alpha value is -2.70. The fraction of sp³-hybridized carbons (Fsp3) is 0.300. The lowest BCUT2D eigenvalue weighted by molar-refractivity contribution is -0.0433. The third-order valence-electron chi connectivity index (χ3n) is 4.53. The second kappa shape index (κ2) is 8.12. The molecule has 0 aromatic heterocycles. The van der Waals surface area contributed by atoms with Crippen molar-refractivity contribution in [2.75, 3.05) is 6.61 Å². The summed E-state index contributed by atoms with van der Waals surface area (Å²) in [7, 11) is 0. The lowest BCUT2D eigenvalue weighted by Gasteiger charge is -2.25. The van der Waals surface area contributed by atoms with Gasteiger partial charge in [0.1, 0.15) is 6.10 Å². The van der Waals surface area contributed by atoms with E-state index in [9.17, 15) is 14.7 Å². The predicted molar refractivity (Wildman–Crippen MR) is 94.5 cm³/mol. The molecular weight excluding hydrogens is 334 g/mol. The van der Waals surface area contributed by atoms with Gasteiger partial charge in [-0.3, -0.25) is 0 Å². The predicted octanol–water partition coefficient (Wildman–Crippen LogP) is 1.78. The highest BCUT2D eigenvalue weighted by Gasteiger charge is 2.46. The van der Waals surface area contributed by atoms with Crippen LogP contribution in [0, 0.1) is 5.92 Å². The highest BCUT2D eigenvalue weighted by molar-refractivity contribution is 5.90. The molecule has 1 aliphatic carbocycles. The highest BCUT2D eigenvalue weighted by atomic mass is 16.6. The van der Waals surface area contributed by atoms with E-state index in [1.54, 1.807) is 60.7 Å². The molecule has 136 valence electrons. The van der Waals surface area contributed by atoms with Gasteiger partial charge in [-0.15, -0.1) is 0 Å². The van der Waals surface area contributed by atoms with E-state index in [2.05, 4.69) is 0 Å². The van der Waals surface area contributed by atoms with Gasteiger partial charge in [0.05, 0.1) is 11.1 Å². The van der Waals surface area contributed by atoms with Crippen molar-refractivity contribution < 1.29 is 24.2 Å². The summed E-state index contributed by atoms with van der Waals surface area (Å²) in [5.41, 5.74) is 6.87. The van der Waals surface area contributed by atoms with E-state index < -0.39 is 30.2 Å². The number of hydrogen-bond donors (Lipinski definition) is 2. The number of rotatable bonds is 5. The number of nitrogens with two attached hydrogens (primary N) is 1. The first-order valence-corrected chi connectivity index (χ1v) is 8.48. The summed E-state index contributed by atoms with van der Waals surface area (Å²) >= 11 is 0. The molecule has 1 saturated carbocycles. The van der Waals surface area contributed by atoms with Gasteiger partial charge in [0, 0.05) is 18.6 Å². The fourth-order valence-electron chi connectivity index (χ4n) is 3.16. The Morgan fingerprint density at radius 2 is 1.35 bits per heavy atom. The lowest BCUT2D eigenvalue weighted by atomic mass is 10.1. The molecule has 2 unspecified atom stereocenters. The zero-order valence-corrected chi connectivity index (χ0v) is 14.2. The van der Waals surface area contributed by atoms with Crippen LogP contribution in [0.3, 0.4) is 0 Å². The summed E-state index contributed by atoms with van der Waals surface area (Å²) in [6, 6.07) is 16.5. The van der Waals surface area contributed by atoms with E-state index in [0.717, 1.165) is 0 Å². The third kappa shape index (κ3) is 3.92. The minimum Gasteiger partial charge on any atom is -0.454 e. The Labute approximate surface area is 151 Å².